The Kier molecular flexibility index (Phi) is 9.43. The smallest absolute Gasteiger partial charge is 0.138 e. The largest absolute Gasteiger partial charge is 0.457 e. The molecule has 59 heavy (non-hydrogen) atoms. The fourth-order valence-electron chi connectivity index (χ4n) is 8.43. The highest BCUT2D eigenvalue weighted by Gasteiger charge is 2.24. The van der Waals surface area contributed by atoms with Gasteiger partial charge in [-0.25, -0.2) is 4.98 Å². The van der Waals surface area contributed by atoms with Crippen molar-refractivity contribution in [2.75, 3.05) is 16.5 Å². The fourth-order valence-corrected chi connectivity index (χ4v) is 8.43. The minimum absolute atomic E-state index is 0.0525. The van der Waals surface area contributed by atoms with Gasteiger partial charge < -0.3 is 14.5 Å². The summed E-state index contributed by atoms with van der Waals surface area (Å²) in [6, 6.07) is 49.9. The summed E-state index contributed by atoms with van der Waals surface area (Å²) in [6.07, 6.45) is 6.27. The van der Waals surface area contributed by atoms with Gasteiger partial charge in [-0.1, -0.05) is 114 Å². The summed E-state index contributed by atoms with van der Waals surface area (Å²) in [4.78, 5) is 9.57. The summed E-state index contributed by atoms with van der Waals surface area (Å²) in [7, 11) is 0. The van der Waals surface area contributed by atoms with E-state index in [1.807, 2.05) is 12.3 Å². The summed E-state index contributed by atoms with van der Waals surface area (Å²) in [5, 5.41) is 2.33. The van der Waals surface area contributed by atoms with E-state index in [0.717, 1.165) is 51.7 Å². The number of ether oxygens (including phenoxy) is 1. The zero-order valence-electron chi connectivity index (χ0n) is 35.4. The Bertz CT molecular complexity index is 2830. The lowest BCUT2D eigenvalue weighted by Crippen LogP contribution is -2.26. The molecule has 3 heterocycles. The standard InChI is InChI=1S/C54H52N4O/c1-36-27-40(38-15-10-9-11-16-38)28-37(2)52(36)39-23-24-55-51(29-39)58-49-20-13-12-19-47(49)48-22-21-46(34-50(48)58)59-45-18-14-17-43(33-45)56-25-26-57(35-56)44-31-41(53(3,4)5)30-42(32-44)54(6,7)8/h9-34H,35H2,1-8H3. The average molecular weight is 773 g/mol. The number of fused-ring (bicyclic) bond motifs is 3. The van der Waals surface area contributed by atoms with E-state index in [1.54, 1.807) is 0 Å². The van der Waals surface area contributed by atoms with Crippen LogP contribution < -0.4 is 14.5 Å². The molecule has 0 spiro atoms. The normalized spacial score (nSPS) is 13.2. The molecular weight excluding hydrogens is 721 g/mol. The van der Waals surface area contributed by atoms with E-state index in [0.29, 0.717) is 0 Å². The summed E-state index contributed by atoms with van der Waals surface area (Å²) in [6.45, 7) is 18.9. The quantitative estimate of drug-likeness (QED) is 0.162. The van der Waals surface area contributed by atoms with E-state index in [2.05, 4.69) is 216 Å². The SMILES string of the molecule is Cc1cc(-c2ccccc2)cc(C)c1-c1ccnc(-n2c3ccccc3c3ccc(Oc4cccc(N5C=CN(c6cc(C(C)(C)C)cc(C(C)(C)C)c6)C5)c4)cc32)c1. The highest BCUT2D eigenvalue weighted by atomic mass is 16.5. The molecule has 0 aliphatic carbocycles. The third-order valence-corrected chi connectivity index (χ3v) is 11.6. The first-order valence-electron chi connectivity index (χ1n) is 20.6. The highest BCUT2D eigenvalue weighted by molar-refractivity contribution is 6.09. The van der Waals surface area contributed by atoms with Gasteiger partial charge in [0.05, 0.1) is 17.7 Å². The van der Waals surface area contributed by atoms with Crippen molar-refractivity contribution in [3.63, 3.8) is 0 Å². The Hall–Kier alpha value is -6.59. The number of para-hydroxylation sites is 1. The Morgan fingerprint density at radius 3 is 1.86 bits per heavy atom. The van der Waals surface area contributed by atoms with Gasteiger partial charge in [-0.15, -0.1) is 0 Å². The topological polar surface area (TPSA) is 33.5 Å². The van der Waals surface area contributed by atoms with Crippen molar-refractivity contribution in [2.45, 2.75) is 66.2 Å². The van der Waals surface area contributed by atoms with Crippen molar-refractivity contribution in [1.82, 2.24) is 9.55 Å². The molecule has 0 N–H and O–H groups in total. The second kappa shape index (κ2) is 14.7. The minimum Gasteiger partial charge on any atom is -0.457 e. The van der Waals surface area contributed by atoms with Crippen molar-refractivity contribution in [1.29, 1.82) is 0 Å². The molecule has 0 amide bonds. The lowest BCUT2D eigenvalue weighted by atomic mass is 9.80. The van der Waals surface area contributed by atoms with Gasteiger partial charge >= 0.3 is 0 Å². The van der Waals surface area contributed by atoms with Crippen molar-refractivity contribution in [3.8, 4) is 39.6 Å². The van der Waals surface area contributed by atoms with Gasteiger partial charge in [0.1, 0.15) is 17.3 Å². The molecule has 0 unspecified atom stereocenters. The monoisotopic (exact) mass is 772 g/mol. The minimum atomic E-state index is 0.0525. The molecule has 5 nitrogen and oxygen atoms in total. The predicted molar refractivity (Wildman–Crippen MR) is 248 cm³/mol. The number of aryl methyl sites for hydroxylation is 2. The van der Waals surface area contributed by atoms with Crippen molar-refractivity contribution in [3.05, 3.63) is 180 Å². The van der Waals surface area contributed by atoms with Crippen LogP contribution >= 0.6 is 0 Å². The molecule has 2 aromatic heterocycles. The summed E-state index contributed by atoms with van der Waals surface area (Å²) in [5.41, 5.74) is 14.5. The van der Waals surface area contributed by atoms with Gasteiger partial charge in [0.15, 0.2) is 0 Å². The van der Waals surface area contributed by atoms with Crippen LogP contribution in [0, 0.1) is 13.8 Å². The lowest BCUT2D eigenvalue weighted by molar-refractivity contribution is 0.483. The summed E-state index contributed by atoms with van der Waals surface area (Å²) >= 11 is 0. The second-order valence-corrected chi connectivity index (χ2v) is 18.0. The van der Waals surface area contributed by atoms with Crippen LogP contribution in [0.4, 0.5) is 11.4 Å². The first-order valence-corrected chi connectivity index (χ1v) is 20.6. The summed E-state index contributed by atoms with van der Waals surface area (Å²) in [5.74, 6) is 2.42. The molecule has 5 heteroatoms. The van der Waals surface area contributed by atoms with Crippen LogP contribution in [-0.4, -0.2) is 16.2 Å². The van der Waals surface area contributed by atoms with Crippen molar-refractivity contribution in [2.24, 2.45) is 0 Å². The van der Waals surface area contributed by atoms with Crippen LogP contribution in [0.2, 0.25) is 0 Å². The zero-order valence-corrected chi connectivity index (χ0v) is 35.4. The Labute approximate surface area is 348 Å². The molecule has 8 aromatic rings. The molecule has 0 saturated heterocycles. The number of hydrogen-bond acceptors (Lipinski definition) is 4. The van der Waals surface area contributed by atoms with Crippen molar-refractivity contribution >= 4 is 33.2 Å². The molecule has 0 atom stereocenters. The number of nitrogens with zero attached hydrogens (tertiary/aromatic N) is 4. The van der Waals surface area contributed by atoms with Gasteiger partial charge in [-0.3, -0.25) is 4.57 Å². The second-order valence-electron chi connectivity index (χ2n) is 18.0. The van der Waals surface area contributed by atoms with Crippen LogP contribution in [0.3, 0.4) is 0 Å². The zero-order chi connectivity index (χ0) is 41.1. The van der Waals surface area contributed by atoms with Crippen LogP contribution in [0.5, 0.6) is 11.5 Å². The number of hydrogen-bond donors (Lipinski definition) is 0. The molecule has 6 aromatic carbocycles. The molecule has 0 fully saturated rings. The highest BCUT2D eigenvalue weighted by Crippen LogP contribution is 2.39. The number of aromatic nitrogens is 2. The van der Waals surface area contributed by atoms with Crippen molar-refractivity contribution < 1.29 is 4.74 Å². The van der Waals surface area contributed by atoms with Crippen LogP contribution in [-0.2, 0) is 10.8 Å². The third kappa shape index (κ3) is 7.38. The third-order valence-electron chi connectivity index (χ3n) is 11.6. The first-order chi connectivity index (χ1) is 28.3. The van der Waals surface area contributed by atoms with Gasteiger partial charge in [0, 0.05) is 52.9 Å². The van der Waals surface area contributed by atoms with E-state index < -0.39 is 0 Å². The average Bonchev–Trinajstić information content (AvgIpc) is 3.84. The number of anilines is 2. The molecule has 1 aliphatic rings. The maximum absolute atomic E-state index is 6.67. The maximum atomic E-state index is 6.67. The molecule has 0 bridgehead atoms. The van der Waals surface area contributed by atoms with Crippen LogP contribution in [0.25, 0.3) is 49.9 Å². The van der Waals surface area contributed by atoms with Gasteiger partial charge in [0.25, 0.3) is 0 Å². The van der Waals surface area contributed by atoms with E-state index in [1.165, 1.54) is 50.0 Å². The van der Waals surface area contributed by atoms with E-state index in [-0.39, 0.29) is 10.8 Å². The Balaban J connectivity index is 1.02. The van der Waals surface area contributed by atoms with E-state index >= 15 is 0 Å². The van der Waals surface area contributed by atoms with Gasteiger partial charge in [-0.05, 0) is 124 Å². The molecule has 0 radical (unpaired) electrons. The van der Waals surface area contributed by atoms with E-state index in [4.69, 9.17) is 9.72 Å². The molecule has 9 rings (SSSR count). The fraction of sp³-hybridized carbons (Fsp3) is 0.204. The Morgan fingerprint density at radius 2 is 1.15 bits per heavy atom. The summed E-state index contributed by atoms with van der Waals surface area (Å²) < 4.78 is 8.93. The molecule has 294 valence electrons. The first kappa shape index (κ1) is 38.0. The molecule has 0 saturated carbocycles. The number of rotatable bonds is 7. The number of benzene rings is 6. The van der Waals surface area contributed by atoms with Crippen LogP contribution in [0.15, 0.2) is 158 Å². The molecular formula is C54H52N4O. The number of pyridine rings is 1. The van der Waals surface area contributed by atoms with Crippen LogP contribution in [0.1, 0.15) is 63.8 Å². The molecule has 1 aliphatic heterocycles. The maximum Gasteiger partial charge on any atom is 0.138 e. The lowest BCUT2D eigenvalue weighted by Gasteiger charge is -2.29. The van der Waals surface area contributed by atoms with Gasteiger partial charge in [0.2, 0.25) is 0 Å². The van der Waals surface area contributed by atoms with Gasteiger partial charge in [-0.2, -0.15) is 0 Å². The van der Waals surface area contributed by atoms with E-state index in [9.17, 15) is 0 Å². The predicted octanol–water partition coefficient (Wildman–Crippen LogP) is 14.3. The Morgan fingerprint density at radius 1 is 0.508 bits per heavy atom.